The number of ether oxygens (including phenoxy) is 2. The van der Waals surface area contributed by atoms with Gasteiger partial charge >= 0.3 is 0 Å². The molecule has 10 nitrogen and oxygen atoms in total. The molecule has 0 fully saturated rings. The van der Waals surface area contributed by atoms with E-state index < -0.39 is 15.9 Å². The lowest BCUT2D eigenvalue weighted by Crippen LogP contribution is -2.28. The van der Waals surface area contributed by atoms with Crippen molar-refractivity contribution in [3.8, 4) is 22.9 Å². The van der Waals surface area contributed by atoms with Crippen LogP contribution in [-0.4, -0.2) is 50.3 Å². The fourth-order valence-corrected chi connectivity index (χ4v) is 3.97. The second-order valence-electron chi connectivity index (χ2n) is 6.23. The second kappa shape index (κ2) is 9.77. The van der Waals surface area contributed by atoms with E-state index in [2.05, 4.69) is 25.2 Å². The largest absolute Gasteiger partial charge is 0.497 e. The molecule has 31 heavy (non-hydrogen) atoms. The van der Waals surface area contributed by atoms with Crippen LogP contribution < -0.4 is 19.5 Å². The Morgan fingerprint density at radius 1 is 1.16 bits per heavy atom. The molecule has 0 aliphatic heterocycles. The number of nitrogens with one attached hydrogen (secondary N) is 3. The number of benzene rings is 2. The number of rotatable bonds is 9. The van der Waals surface area contributed by atoms with E-state index >= 15 is 0 Å². The van der Waals surface area contributed by atoms with Gasteiger partial charge < -0.3 is 9.47 Å². The summed E-state index contributed by atoms with van der Waals surface area (Å²) in [4.78, 5) is 16.4. The standard InChI is InChI=1S/C19H20ClN5O5S/c1-29-13-6-7-15(16(11-13)30-2)18-23-19(25-24-18)22-17(26)8-9-21-31(27,28)14-5-3-4-12(20)10-14/h3-7,10-11,21H,8-9H2,1-2H3,(H2,22,23,24,25,26). The molecule has 3 rings (SSSR count). The average Bonchev–Trinajstić information content (AvgIpc) is 3.21. The smallest absolute Gasteiger partial charge is 0.249 e. The third-order valence-electron chi connectivity index (χ3n) is 4.15. The Balaban J connectivity index is 1.58. The number of hydrogen-bond donors (Lipinski definition) is 3. The van der Waals surface area contributed by atoms with Crippen molar-refractivity contribution in [1.29, 1.82) is 0 Å². The number of amides is 1. The molecular weight excluding hydrogens is 446 g/mol. The quantitative estimate of drug-likeness (QED) is 0.441. The van der Waals surface area contributed by atoms with E-state index in [-0.39, 0.29) is 23.8 Å². The van der Waals surface area contributed by atoms with E-state index in [0.717, 1.165) is 0 Å². The number of hydrogen-bond acceptors (Lipinski definition) is 7. The lowest BCUT2D eigenvalue weighted by molar-refractivity contribution is -0.116. The minimum absolute atomic E-state index is 0.0208. The molecular formula is C19H20ClN5O5S. The van der Waals surface area contributed by atoms with Crippen LogP contribution in [0.25, 0.3) is 11.4 Å². The maximum absolute atomic E-state index is 12.2. The lowest BCUT2D eigenvalue weighted by atomic mass is 10.2. The van der Waals surface area contributed by atoms with E-state index in [1.54, 1.807) is 31.4 Å². The summed E-state index contributed by atoms with van der Waals surface area (Å²) in [5.74, 6) is 1.12. The van der Waals surface area contributed by atoms with Gasteiger partial charge in [0, 0.05) is 24.1 Å². The molecule has 3 aromatic rings. The molecule has 0 atom stereocenters. The molecule has 0 unspecified atom stereocenters. The van der Waals surface area contributed by atoms with Crippen LogP contribution in [0, 0.1) is 0 Å². The summed E-state index contributed by atoms with van der Waals surface area (Å²) >= 11 is 5.82. The molecule has 0 spiro atoms. The molecule has 1 heterocycles. The zero-order chi connectivity index (χ0) is 22.4. The normalized spacial score (nSPS) is 11.2. The second-order valence-corrected chi connectivity index (χ2v) is 8.43. The van der Waals surface area contributed by atoms with Crippen molar-refractivity contribution in [3.05, 3.63) is 47.5 Å². The number of carbonyl (C=O) groups excluding carboxylic acids is 1. The van der Waals surface area contributed by atoms with E-state index in [0.29, 0.717) is 27.9 Å². The molecule has 12 heteroatoms. The van der Waals surface area contributed by atoms with Crippen molar-refractivity contribution in [2.75, 3.05) is 26.1 Å². The first kappa shape index (κ1) is 22.5. The van der Waals surface area contributed by atoms with Gasteiger partial charge in [0.05, 0.1) is 24.7 Å². The summed E-state index contributed by atoms with van der Waals surface area (Å²) in [5, 5.41) is 9.50. The first-order valence-electron chi connectivity index (χ1n) is 9.02. The van der Waals surface area contributed by atoms with Crippen molar-refractivity contribution >= 4 is 33.5 Å². The van der Waals surface area contributed by atoms with Crippen LogP contribution in [0.15, 0.2) is 47.4 Å². The number of aromatic amines is 1. The molecule has 3 N–H and O–H groups in total. The molecule has 164 valence electrons. The van der Waals surface area contributed by atoms with Crippen molar-refractivity contribution in [3.63, 3.8) is 0 Å². The molecule has 0 saturated heterocycles. The highest BCUT2D eigenvalue weighted by Crippen LogP contribution is 2.31. The zero-order valence-electron chi connectivity index (χ0n) is 16.7. The van der Waals surface area contributed by atoms with Gasteiger partial charge in [0.25, 0.3) is 0 Å². The Kier molecular flexibility index (Phi) is 7.10. The fraction of sp³-hybridized carbons (Fsp3) is 0.211. The molecule has 0 aliphatic carbocycles. The van der Waals surface area contributed by atoms with Crippen LogP contribution in [0.4, 0.5) is 5.95 Å². The van der Waals surface area contributed by atoms with Gasteiger partial charge in [0.1, 0.15) is 11.5 Å². The van der Waals surface area contributed by atoms with Gasteiger partial charge in [-0.05, 0) is 30.3 Å². The highest BCUT2D eigenvalue weighted by Gasteiger charge is 2.16. The molecule has 1 amide bonds. The number of aromatic nitrogens is 3. The Labute approximate surface area is 184 Å². The average molecular weight is 466 g/mol. The number of methoxy groups -OCH3 is 2. The van der Waals surface area contributed by atoms with Gasteiger partial charge in [-0.3, -0.25) is 15.2 Å². The van der Waals surface area contributed by atoms with Gasteiger partial charge in [-0.2, -0.15) is 4.98 Å². The van der Waals surface area contributed by atoms with Gasteiger partial charge in [-0.1, -0.05) is 17.7 Å². The lowest BCUT2D eigenvalue weighted by Gasteiger charge is -2.08. The number of H-pyrrole nitrogens is 1. The Hall–Kier alpha value is -3.15. The van der Waals surface area contributed by atoms with E-state index in [4.69, 9.17) is 21.1 Å². The van der Waals surface area contributed by atoms with Gasteiger partial charge in [0.15, 0.2) is 5.82 Å². The summed E-state index contributed by atoms with van der Waals surface area (Å²) in [5.41, 5.74) is 0.630. The zero-order valence-corrected chi connectivity index (χ0v) is 18.2. The summed E-state index contributed by atoms with van der Waals surface area (Å²) in [6.07, 6.45) is -0.116. The Morgan fingerprint density at radius 2 is 1.97 bits per heavy atom. The molecule has 1 aromatic heterocycles. The van der Waals surface area contributed by atoms with Gasteiger partial charge in [-0.25, -0.2) is 13.1 Å². The summed E-state index contributed by atoms with van der Waals surface area (Å²) < 4.78 is 37.3. The predicted octanol–water partition coefficient (Wildman–Crippen LogP) is 2.45. The monoisotopic (exact) mass is 465 g/mol. The van der Waals surface area contributed by atoms with E-state index in [1.165, 1.54) is 25.3 Å². The number of sulfonamides is 1. The maximum Gasteiger partial charge on any atom is 0.249 e. The van der Waals surface area contributed by atoms with Crippen molar-refractivity contribution in [2.24, 2.45) is 0 Å². The van der Waals surface area contributed by atoms with Crippen LogP contribution in [0.2, 0.25) is 5.02 Å². The van der Waals surface area contributed by atoms with Gasteiger partial charge in [-0.15, -0.1) is 5.10 Å². The molecule has 0 aliphatic rings. The molecule has 0 radical (unpaired) electrons. The number of halogens is 1. The summed E-state index contributed by atoms with van der Waals surface area (Å²) in [6, 6.07) is 11.0. The van der Waals surface area contributed by atoms with Gasteiger partial charge in [0.2, 0.25) is 21.9 Å². The van der Waals surface area contributed by atoms with E-state index in [9.17, 15) is 13.2 Å². The highest BCUT2D eigenvalue weighted by molar-refractivity contribution is 7.89. The third kappa shape index (κ3) is 5.72. The highest BCUT2D eigenvalue weighted by atomic mass is 35.5. The van der Waals surface area contributed by atoms with Crippen LogP contribution >= 0.6 is 11.6 Å². The number of anilines is 1. The van der Waals surface area contributed by atoms with Crippen LogP contribution in [0.5, 0.6) is 11.5 Å². The minimum Gasteiger partial charge on any atom is -0.497 e. The SMILES string of the molecule is COc1ccc(-c2nc(NC(=O)CCNS(=O)(=O)c3cccc(Cl)c3)n[nH]2)c(OC)c1. The van der Waals surface area contributed by atoms with Crippen LogP contribution in [0.1, 0.15) is 6.42 Å². The van der Waals surface area contributed by atoms with Crippen molar-refractivity contribution in [1.82, 2.24) is 19.9 Å². The fourth-order valence-electron chi connectivity index (χ4n) is 2.64. The first-order valence-corrected chi connectivity index (χ1v) is 10.9. The molecule has 2 aromatic carbocycles. The first-order chi connectivity index (χ1) is 14.8. The molecule has 0 saturated carbocycles. The number of carbonyl (C=O) groups is 1. The minimum atomic E-state index is -3.77. The van der Waals surface area contributed by atoms with Crippen molar-refractivity contribution < 1.29 is 22.7 Å². The van der Waals surface area contributed by atoms with Crippen LogP contribution in [0.3, 0.4) is 0 Å². The summed E-state index contributed by atoms with van der Waals surface area (Å²) in [7, 11) is -0.710. The predicted molar refractivity (Wildman–Crippen MR) is 115 cm³/mol. The topological polar surface area (TPSA) is 135 Å². The third-order valence-corrected chi connectivity index (χ3v) is 5.84. The maximum atomic E-state index is 12.2. The number of nitrogens with zero attached hydrogens (tertiary/aromatic N) is 2. The van der Waals surface area contributed by atoms with Crippen LogP contribution in [-0.2, 0) is 14.8 Å². The summed E-state index contributed by atoms with van der Waals surface area (Å²) in [6.45, 7) is -0.107. The van der Waals surface area contributed by atoms with Crippen molar-refractivity contribution in [2.45, 2.75) is 11.3 Å². The Bertz CT molecular complexity index is 1180. The van der Waals surface area contributed by atoms with E-state index in [1.807, 2.05) is 0 Å². The molecule has 0 bridgehead atoms. The Morgan fingerprint density at radius 3 is 2.68 bits per heavy atom.